The van der Waals surface area contributed by atoms with Crippen LogP contribution in [0.3, 0.4) is 0 Å². The first-order valence-corrected chi connectivity index (χ1v) is 10.4. The second-order valence-corrected chi connectivity index (χ2v) is 8.33. The van der Waals surface area contributed by atoms with Crippen molar-refractivity contribution in [3.05, 3.63) is 46.4 Å². The van der Waals surface area contributed by atoms with Crippen LogP contribution in [0, 0.1) is 0 Å². The third kappa shape index (κ3) is 4.15. The molecule has 1 fully saturated rings. The van der Waals surface area contributed by atoms with Gasteiger partial charge >= 0.3 is 0 Å². The fraction of sp³-hybridized carbons (Fsp3) is 0.429. The SMILES string of the molecule is OCCN1CCN(C[C@H](O)Cn2c3ccc(Cl)cc3c3cc(Cl)ccc32)CC1. The Hall–Kier alpha value is -1.34. The Bertz CT molecular complexity index is 908. The Morgan fingerprint density at radius 3 is 1.89 bits per heavy atom. The summed E-state index contributed by atoms with van der Waals surface area (Å²) in [4.78, 5) is 4.55. The molecule has 0 aliphatic carbocycles. The maximum absolute atomic E-state index is 10.8. The predicted molar refractivity (Wildman–Crippen MR) is 115 cm³/mol. The highest BCUT2D eigenvalue weighted by atomic mass is 35.5. The van der Waals surface area contributed by atoms with Gasteiger partial charge in [0.15, 0.2) is 0 Å². The van der Waals surface area contributed by atoms with Gasteiger partial charge in [0.2, 0.25) is 0 Å². The molecule has 1 saturated heterocycles. The van der Waals surface area contributed by atoms with Gasteiger partial charge in [-0.25, -0.2) is 0 Å². The minimum Gasteiger partial charge on any atom is -0.395 e. The molecule has 0 unspecified atom stereocenters. The average molecular weight is 422 g/mol. The molecule has 1 aliphatic rings. The average Bonchev–Trinajstić information content (AvgIpc) is 2.96. The van der Waals surface area contributed by atoms with Crippen LogP contribution in [-0.2, 0) is 6.54 Å². The first kappa shape index (κ1) is 20.0. The Labute approximate surface area is 174 Å². The fourth-order valence-corrected chi connectivity index (χ4v) is 4.49. The summed E-state index contributed by atoms with van der Waals surface area (Å²) in [6, 6.07) is 11.7. The smallest absolute Gasteiger partial charge is 0.0845 e. The molecular weight excluding hydrogens is 397 g/mol. The number of rotatable bonds is 6. The van der Waals surface area contributed by atoms with Crippen LogP contribution in [-0.4, -0.2) is 76.6 Å². The minimum absolute atomic E-state index is 0.199. The highest BCUT2D eigenvalue weighted by molar-refractivity contribution is 6.33. The summed E-state index contributed by atoms with van der Waals surface area (Å²) in [5.74, 6) is 0. The first-order chi connectivity index (χ1) is 13.5. The molecular formula is C21H25Cl2N3O2. The van der Waals surface area contributed by atoms with Crippen molar-refractivity contribution < 1.29 is 10.2 Å². The number of nitrogens with zero attached hydrogens (tertiary/aromatic N) is 3. The Morgan fingerprint density at radius 2 is 1.36 bits per heavy atom. The monoisotopic (exact) mass is 421 g/mol. The van der Waals surface area contributed by atoms with E-state index in [9.17, 15) is 5.11 Å². The normalized spacial score (nSPS) is 17.6. The van der Waals surface area contributed by atoms with Crippen molar-refractivity contribution >= 4 is 45.0 Å². The third-order valence-corrected chi connectivity index (χ3v) is 6.00. The topological polar surface area (TPSA) is 51.9 Å². The van der Waals surface area contributed by atoms with Crippen LogP contribution in [0.15, 0.2) is 36.4 Å². The number of aliphatic hydroxyl groups excluding tert-OH is 2. The molecule has 4 rings (SSSR count). The van der Waals surface area contributed by atoms with E-state index >= 15 is 0 Å². The van der Waals surface area contributed by atoms with Gasteiger partial charge in [0.25, 0.3) is 0 Å². The molecule has 0 spiro atoms. The molecule has 0 bridgehead atoms. The minimum atomic E-state index is -0.477. The molecule has 1 aromatic heterocycles. The number of hydrogen-bond donors (Lipinski definition) is 2. The molecule has 150 valence electrons. The van der Waals surface area contributed by atoms with Crippen molar-refractivity contribution in [1.82, 2.24) is 14.4 Å². The second kappa shape index (κ2) is 8.57. The van der Waals surface area contributed by atoms with Gasteiger partial charge in [-0.3, -0.25) is 9.80 Å². The van der Waals surface area contributed by atoms with Gasteiger partial charge in [0.1, 0.15) is 0 Å². The van der Waals surface area contributed by atoms with Crippen LogP contribution in [0.5, 0.6) is 0 Å². The molecule has 7 heteroatoms. The van der Waals surface area contributed by atoms with Gasteiger partial charge in [0.05, 0.1) is 19.3 Å². The van der Waals surface area contributed by atoms with Gasteiger partial charge in [-0.15, -0.1) is 0 Å². The lowest BCUT2D eigenvalue weighted by Crippen LogP contribution is -2.49. The van der Waals surface area contributed by atoms with Crippen molar-refractivity contribution in [2.75, 3.05) is 45.9 Å². The zero-order chi connectivity index (χ0) is 19.7. The first-order valence-electron chi connectivity index (χ1n) is 9.66. The van der Waals surface area contributed by atoms with E-state index in [1.165, 1.54) is 0 Å². The maximum atomic E-state index is 10.8. The molecule has 2 N–H and O–H groups in total. The molecule has 28 heavy (non-hydrogen) atoms. The maximum Gasteiger partial charge on any atom is 0.0845 e. The number of fused-ring (bicyclic) bond motifs is 3. The van der Waals surface area contributed by atoms with E-state index in [2.05, 4.69) is 14.4 Å². The fourth-order valence-electron chi connectivity index (χ4n) is 4.15. The molecule has 2 heterocycles. The summed E-state index contributed by atoms with van der Waals surface area (Å²) in [5, 5.41) is 23.3. The van der Waals surface area contributed by atoms with Crippen LogP contribution < -0.4 is 0 Å². The van der Waals surface area contributed by atoms with Crippen LogP contribution in [0.25, 0.3) is 21.8 Å². The van der Waals surface area contributed by atoms with Gasteiger partial charge in [-0.1, -0.05) is 23.2 Å². The second-order valence-electron chi connectivity index (χ2n) is 7.45. The summed E-state index contributed by atoms with van der Waals surface area (Å²) in [7, 11) is 0. The summed E-state index contributed by atoms with van der Waals surface area (Å²) in [6.07, 6.45) is -0.477. The van der Waals surface area contributed by atoms with Gasteiger partial charge in [-0.2, -0.15) is 0 Å². The number of β-amino-alcohol motifs (C(OH)–C–C–N with tert-alkyl or cyclic N) is 2. The molecule has 3 aromatic rings. The van der Waals surface area contributed by atoms with Crippen molar-refractivity contribution in [2.45, 2.75) is 12.6 Å². The molecule has 2 aromatic carbocycles. The third-order valence-electron chi connectivity index (χ3n) is 5.53. The summed E-state index contributed by atoms with van der Waals surface area (Å²) in [6.45, 7) is 5.76. The number of aliphatic hydroxyl groups is 2. The van der Waals surface area contributed by atoms with E-state index in [-0.39, 0.29) is 6.61 Å². The van der Waals surface area contributed by atoms with E-state index in [4.69, 9.17) is 28.3 Å². The van der Waals surface area contributed by atoms with Crippen molar-refractivity contribution in [3.8, 4) is 0 Å². The molecule has 0 radical (unpaired) electrons. The molecule has 0 saturated carbocycles. The largest absolute Gasteiger partial charge is 0.395 e. The Kier molecular flexibility index (Phi) is 6.11. The van der Waals surface area contributed by atoms with Gasteiger partial charge in [0, 0.05) is 71.1 Å². The lowest BCUT2D eigenvalue weighted by Gasteiger charge is -2.35. The lowest BCUT2D eigenvalue weighted by atomic mass is 10.1. The van der Waals surface area contributed by atoms with Crippen molar-refractivity contribution in [1.29, 1.82) is 0 Å². The summed E-state index contributed by atoms with van der Waals surface area (Å²) >= 11 is 12.4. The van der Waals surface area contributed by atoms with E-state index in [1.54, 1.807) is 0 Å². The predicted octanol–water partition coefficient (Wildman–Crippen LogP) is 3.07. The number of hydrogen-bond acceptors (Lipinski definition) is 4. The lowest BCUT2D eigenvalue weighted by molar-refractivity contribution is 0.0601. The highest BCUT2D eigenvalue weighted by Gasteiger charge is 2.20. The summed E-state index contributed by atoms with van der Waals surface area (Å²) < 4.78 is 2.16. The van der Waals surface area contributed by atoms with E-state index in [0.29, 0.717) is 23.1 Å². The van der Waals surface area contributed by atoms with Gasteiger partial charge < -0.3 is 14.8 Å². The Morgan fingerprint density at radius 1 is 0.821 bits per heavy atom. The number of benzene rings is 2. The van der Waals surface area contributed by atoms with E-state index in [0.717, 1.165) is 54.5 Å². The van der Waals surface area contributed by atoms with Crippen LogP contribution in [0.4, 0.5) is 0 Å². The zero-order valence-electron chi connectivity index (χ0n) is 15.7. The number of piperazine rings is 1. The standard InChI is InChI=1S/C21H25Cl2N3O2/c22-15-1-3-20-18(11-15)19-12-16(23)2-4-21(19)26(20)14-17(28)13-25-7-5-24(6-8-25)9-10-27/h1-4,11-12,17,27-28H,5-10,13-14H2/t17-/m0/s1. The number of aromatic nitrogens is 1. The molecule has 0 amide bonds. The quantitative estimate of drug-likeness (QED) is 0.641. The number of halogens is 2. The van der Waals surface area contributed by atoms with Crippen molar-refractivity contribution in [3.63, 3.8) is 0 Å². The van der Waals surface area contributed by atoms with Crippen LogP contribution in [0.2, 0.25) is 10.0 Å². The van der Waals surface area contributed by atoms with E-state index < -0.39 is 6.10 Å². The summed E-state index contributed by atoms with van der Waals surface area (Å²) in [5.41, 5.74) is 2.10. The van der Waals surface area contributed by atoms with Crippen LogP contribution >= 0.6 is 23.2 Å². The molecule has 5 nitrogen and oxygen atoms in total. The Balaban J connectivity index is 1.54. The van der Waals surface area contributed by atoms with Gasteiger partial charge in [-0.05, 0) is 36.4 Å². The highest BCUT2D eigenvalue weighted by Crippen LogP contribution is 2.33. The molecule has 1 atom stereocenters. The zero-order valence-corrected chi connectivity index (χ0v) is 17.2. The van der Waals surface area contributed by atoms with Crippen molar-refractivity contribution in [2.24, 2.45) is 0 Å². The van der Waals surface area contributed by atoms with Crippen LogP contribution in [0.1, 0.15) is 0 Å². The molecule has 1 aliphatic heterocycles. The van der Waals surface area contributed by atoms with E-state index in [1.807, 2.05) is 36.4 Å².